The fraction of sp³-hybridized carbons (Fsp3) is 0.222. The lowest BCUT2D eigenvalue weighted by Gasteiger charge is -2.18. The number of fused-ring (bicyclic) bond motifs is 1. The number of nitrogens with zero attached hydrogens (tertiary/aromatic N) is 4. The van der Waals surface area contributed by atoms with E-state index in [4.69, 9.17) is 11.6 Å². The van der Waals surface area contributed by atoms with Crippen molar-refractivity contribution >= 4 is 16.7 Å². The third kappa shape index (κ3) is 2.53. The summed E-state index contributed by atoms with van der Waals surface area (Å²) < 4.78 is 0. The van der Waals surface area contributed by atoms with Crippen molar-refractivity contribution < 1.29 is 0 Å². The highest BCUT2D eigenvalue weighted by atomic mass is 14.9. The first kappa shape index (κ1) is 14.2. The van der Waals surface area contributed by atoms with Gasteiger partial charge < -0.3 is 0 Å². The molecule has 0 amide bonds. The Morgan fingerprint density at radius 2 is 1.86 bits per heavy atom. The van der Waals surface area contributed by atoms with Gasteiger partial charge in [0, 0.05) is 11.6 Å². The van der Waals surface area contributed by atoms with Gasteiger partial charge in [0.15, 0.2) is 5.69 Å². The maximum Gasteiger partial charge on any atom is 0.187 e. The largest absolute Gasteiger partial charge is 0.252 e. The average Bonchev–Trinajstić information content (AvgIpc) is 2.53. The molecule has 2 heterocycles. The van der Waals surface area contributed by atoms with Gasteiger partial charge in [-0.2, -0.15) is 0 Å². The van der Waals surface area contributed by atoms with Gasteiger partial charge in [-0.1, -0.05) is 39.0 Å². The highest BCUT2D eigenvalue weighted by molar-refractivity contribution is 5.89. The molecular formula is C18H16N4. The maximum atomic E-state index is 7.18. The molecule has 0 saturated heterocycles. The first-order valence-corrected chi connectivity index (χ1v) is 7.10. The second kappa shape index (κ2) is 5.19. The minimum Gasteiger partial charge on any atom is -0.252 e. The predicted molar refractivity (Wildman–Crippen MR) is 87.7 cm³/mol. The zero-order valence-corrected chi connectivity index (χ0v) is 12.8. The van der Waals surface area contributed by atoms with E-state index in [1.54, 1.807) is 12.3 Å². The van der Waals surface area contributed by atoms with Crippen LogP contribution in [0.2, 0.25) is 0 Å². The molecule has 3 rings (SSSR count). The molecule has 0 aliphatic rings. The molecule has 2 aromatic heterocycles. The van der Waals surface area contributed by atoms with Crippen LogP contribution in [0.4, 0.5) is 5.69 Å². The summed E-state index contributed by atoms with van der Waals surface area (Å²) in [6.07, 6.45) is 1.74. The zero-order valence-electron chi connectivity index (χ0n) is 12.8. The van der Waals surface area contributed by atoms with Crippen LogP contribution in [-0.4, -0.2) is 15.0 Å². The lowest BCUT2D eigenvalue weighted by atomic mass is 9.95. The normalized spacial score (nSPS) is 11.4. The summed E-state index contributed by atoms with van der Waals surface area (Å²) >= 11 is 0. The monoisotopic (exact) mass is 288 g/mol. The second-order valence-electron chi connectivity index (χ2n) is 6.18. The molecule has 0 spiro atoms. The predicted octanol–water partition coefficient (Wildman–Crippen LogP) is 4.54. The van der Waals surface area contributed by atoms with E-state index in [9.17, 15) is 0 Å². The van der Waals surface area contributed by atoms with Gasteiger partial charge in [-0.15, -0.1) is 0 Å². The molecule has 1 aromatic carbocycles. The Hall–Kier alpha value is -2.80. The van der Waals surface area contributed by atoms with Crippen molar-refractivity contribution in [3.8, 4) is 11.3 Å². The molecule has 0 radical (unpaired) electrons. The van der Waals surface area contributed by atoms with Crippen molar-refractivity contribution in [1.82, 2.24) is 15.0 Å². The van der Waals surface area contributed by atoms with Crippen molar-refractivity contribution in [2.45, 2.75) is 26.2 Å². The first-order chi connectivity index (χ1) is 10.5. The van der Waals surface area contributed by atoms with Gasteiger partial charge in [0.25, 0.3) is 0 Å². The van der Waals surface area contributed by atoms with Gasteiger partial charge in [0.2, 0.25) is 0 Å². The maximum absolute atomic E-state index is 7.18. The van der Waals surface area contributed by atoms with Gasteiger partial charge in [-0.25, -0.2) is 14.8 Å². The van der Waals surface area contributed by atoms with Crippen LogP contribution in [-0.2, 0) is 5.41 Å². The van der Waals surface area contributed by atoms with Crippen LogP contribution in [0.1, 0.15) is 26.6 Å². The molecule has 0 aliphatic carbocycles. The van der Waals surface area contributed by atoms with Crippen LogP contribution in [0.3, 0.4) is 0 Å². The number of benzene rings is 1. The first-order valence-electron chi connectivity index (χ1n) is 7.10. The smallest absolute Gasteiger partial charge is 0.187 e. The van der Waals surface area contributed by atoms with Gasteiger partial charge in [-0.05, 0) is 23.8 Å². The molecule has 0 aliphatic heterocycles. The van der Waals surface area contributed by atoms with Gasteiger partial charge in [0.1, 0.15) is 11.3 Å². The van der Waals surface area contributed by atoms with Crippen LogP contribution in [0.5, 0.6) is 0 Å². The zero-order chi connectivity index (χ0) is 15.7. The van der Waals surface area contributed by atoms with Gasteiger partial charge >= 0.3 is 0 Å². The lowest BCUT2D eigenvalue weighted by molar-refractivity contribution is 0.549. The fourth-order valence-corrected chi connectivity index (χ4v) is 2.23. The molecule has 0 saturated carbocycles. The molecule has 22 heavy (non-hydrogen) atoms. The highest BCUT2D eigenvalue weighted by Gasteiger charge is 2.20. The fourth-order valence-electron chi connectivity index (χ4n) is 2.23. The standard InChI is InChI=1S/C18H16N4/c1-18(2,3)17-21-14-9-6-10-20-16(14)15(22-17)12-7-5-8-13(11-12)19-4/h5-11H,1-3H3. The second-order valence-corrected chi connectivity index (χ2v) is 6.18. The summed E-state index contributed by atoms with van der Waals surface area (Å²) in [6, 6.07) is 11.3. The van der Waals surface area contributed by atoms with E-state index in [1.807, 2.05) is 30.3 Å². The Morgan fingerprint density at radius 1 is 1.05 bits per heavy atom. The van der Waals surface area contributed by atoms with E-state index in [0.29, 0.717) is 5.69 Å². The number of hydrogen-bond donors (Lipinski definition) is 0. The number of rotatable bonds is 1. The van der Waals surface area contributed by atoms with E-state index >= 15 is 0 Å². The molecular weight excluding hydrogens is 272 g/mol. The van der Waals surface area contributed by atoms with Crippen molar-refractivity contribution in [1.29, 1.82) is 0 Å². The Bertz CT molecular complexity index is 885. The molecule has 4 heteroatoms. The van der Waals surface area contributed by atoms with Crippen LogP contribution < -0.4 is 0 Å². The van der Waals surface area contributed by atoms with Crippen LogP contribution in [0.25, 0.3) is 27.1 Å². The summed E-state index contributed by atoms with van der Waals surface area (Å²) in [5.41, 5.74) is 3.70. The number of pyridine rings is 1. The van der Waals surface area contributed by atoms with E-state index in [0.717, 1.165) is 28.1 Å². The molecule has 0 fully saturated rings. The van der Waals surface area contributed by atoms with Crippen molar-refractivity contribution in [2.24, 2.45) is 0 Å². The Balaban J connectivity index is 2.34. The number of aromatic nitrogens is 3. The van der Waals surface area contributed by atoms with Crippen LogP contribution in [0, 0.1) is 6.57 Å². The summed E-state index contributed by atoms with van der Waals surface area (Å²) in [4.78, 5) is 17.3. The summed E-state index contributed by atoms with van der Waals surface area (Å²) in [7, 11) is 0. The average molecular weight is 288 g/mol. The third-order valence-corrected chi connectivity index (χ3v) is 3.37. The summed E-state index contributed by atoms with van der Waals surface area (Å²) in [6.45, 7) is 13.4. The summed E-state index contributed by atoms with van der Waals surface area (Å²) in [5, 5.41) is 0. The molecule has 0 unspecified atom stereocenters. The van der Waals surface area contributed by atoms with Gasteiger partial charge in [0.05, 0.1) is 17.8 Å². The quantitative estimate of drug-likeness (QED) is 0.617. The van der Waals surface area contributed by atoms with Crippen molar-refractivity contribution in [2.75, 3.05) is 0 Å². The van der Waals surface area contributed by atoms with E-state index < -0.39 is 0 Å². The van der Waals surface area contributed by atoms with Gasteiger partial charge in [-0.3, -0.25) is 4.98 Å². The molecule has 0 atom stereocenters. The Labute approximate surface area is 129 Å². The number of hydrogen-bond acceptors (Lipinski definition) is 3. The molecule has 0 N–H and O–H groups in total. The third-order valence-electron chi connectivity index (χ3n) is 3.37. The van der Waals surface area contributed by atoms with Crippen LogP contribution in [0.15, 0.2) is 42.6 Å². The minimum atomic E-state index is -0.157. The minimum absolute atomic E-state index is 0.157. The molecule has 3 aromatic rings. The molecule has 108 valence electrons. The van der Waals surface area contributed by atoms with Crippen molar-refractivity contribution in [3.63, 3.8) is 0 Å². The summed E-state index contributed by atoms with van der Waals surface area (Å²) in [5.74, 6) is 0.774. The van der Waals surface area contributed by atoms with E-state index in [2.05, 4.69) is 35.6 Å². The Morgan fingerprint density at radius 3 is 2.59 bits per heavy atom. The van der Waals surface area contributed by atoms with E-state index in [1.165, 1.54) is 0 Å². The lowest BCUT2D eigenvalue weighted by Crippen LogP contribution is -2.16. The van der Waals surface area contributed by atoms with Crippen LogP contribution >= 0.6 is 0 Å². The highest BCUT2D eigenvalue weighted by Crippen LogP contribution is 2.30. The van der Waals surface area contributed by atoms with E-state index in [-0.39, 0.29) is 5.41 Å². The molecule has 4 nitrogen and oxygen atoms in total. The molecule has 0 bridgehead atoms. The topological polar surface area (TPSA) is 43.0 Å². The Kier molecular flexibility index (Phi) is 3.34. The SMILES string of the molecule is [C-]#[N+]c1cccc(-c2nc(C(C)(C)C)nc3cccnc23)c1. The van der Waals surface area contributed by atoms with Crippen molar-refractivity contribution in [3.05, 3.63) is 59.8 Å².